The number of nitrogens with zero attached hydrogens (tertiary/aromatic N) is 1. The lowest BCUT2D eigenvalue weighted by atomic mass is 10.0. The van der Waals surface area contributed by atoms with E-state index in [4.69, 9.17) is 9.79 Å². The molecule has 0 fully saturated rings. The van der Waals surface area contributed by atoms with Crippen molar-refractivity contribution < 1.29 is 18.9 Å². The molecule has 0 spiro atoms. The zero-order valence-electron chi connectivity index (χ0n) is 17.9. The van der Waals surface area contributed by atoms with Crippen molar-refractivity contribution in [2.24, 2.45) is 0 Å². The van der Waals surface area contributed by atoms with E-state index in [-0.39, 0.29) is 6.61 Å². The van der Waals surface area contributed by atoms with Crippen molar-refractivity contribution in [2.75, 3.05) is 6.61 Å². The summed E-state index contributed by atoms with van der Waals surface area (Å²) in [6, 6.07) is 0. The van der Waals surface area contributed by atoms with Crippen molar-refractivity contribution in [2.45, 2.75) is 110 Å². The quantitative estimate of drug-likeness (QED) is 0.181. The van der Waals surface area contributed by atoms with E-state index in [9.17, 15) is 4.57 Å². The number of H-pyrrole nitrogens is 1. The molecule has 0 saturated heterocycles. The average molecular weight is 419 g/mol. The first-order chi connectivity index (χ1) is 13.6. The molecule has 0 aromatic carbocycles. The van der Waals surface area contributed by atoms with Crippen molar-refractivity contribution in [3.05, 3.63) is 18.7 Å². The van der Waals surface area contributed by atoms with Gasteiger partial charge in [0.15, 0.2) is 0 Å². The second-order valence-corrected chi connectivity index (χ2v) is 8.63. The van der Waals surface area contributed by atoms with Gasteiger partial charge >= 0.3 is 7.82 Å². The predicted octanol–water partition coefficient (Wildman–Crippen LogP) is 6.77. The van der Waals surface area contributed by atoms with Gasteiger partial charge < -0.3 is 14.8 Å². The minimum atomic E-state index is -4.26. The monoisotopic (exact) mass is 418 g/mol. The lowest BCUT2D eigenvalue weighted by molar-refractivity contribution is 0.193. The first kappa shape index (κ1) is 27.3. The zero-order valence-corrected chi connectivity index (χ0v) is 18.8. The molecule has 28 heavy (non-hydrogen) atoms. The second kappa shape index (κ2) is 21.0. The SMILES string of the molecule is CCCCCCCCCCCCCCCCCCOP(=O)(O)O.c1c[nH]cn1. The van der Waals surface area contributed by atoms with Gasteiger partial charge in [-0.1, -0.05) is 103 Å². The van der Waals surface area contributed by atoms with Gasteiger partial charge in [0.05, 0.1) is 12.9 Å². The molecule has 0 bridgehead atoms. The molecular formula is C21H43N2O4P. The van der Waals surface area contributed by atoms with Gasteiger partial charge in [0.2, 0.25) is 0 Å². The van der Waals surface area contributed by atoms with Crippen LogP contribution in [0.4, 0.5) is 0 Å². The molecule has 3 N–H and O–H groups in total. The van der Waals surface area contributed by atoms with Crippen molar-refractivity contribution in [1.29, 1.82) is 0 Å². The molecular weight excluding hydrogens is 375 g/mol. The van der Waals surface area contributed by atoms with E-state index in [2.05, 4.69) is 21.4 Å². The normalized spacial score (nSPS) is 11.2. The van der Waals surface area contributed by atoms with Gasteiger partial charge in [-0.15, -0.1) is 0 Å². The number of rotatable bonds is 18. The Balaban J connectivity index is 0.00000125. The van der Waals surface area contributed by atoms with E-state index in [1.165, 1.54) is 83.5 Å². The van der Waals surface area contributed by atoms with E-state index >= 15 is 0 Å². The van der Waals surface area contributed by atoms with Crippen LogP contribution in [0.5, 0.6) is 0 Å². The van der Waals surface area contributed by atoms with Gasteiger partial charge in [-0.25, -0.2) is 9.55 Å². The summed E-state index contributed by atoms with van der Waals surface area (Å²) >= 11 is 0. The summed E-state index contributed by atoms with van der Waals surface area (Å²) in [5, 5.41) is 0. The highest BCUT2D eigenvalue weighted by Gasteiger charge is 2.12. The predicted molar refractivity (Wildman–Crippen MR) is 116 cm³/mol. The summed E-state index contributed by atoms with van der Waals surface area (Å²) in [6.07, 6.45) is 25.8. The Kier molecular flexibility index (Phi) is 20.5. The molecule has 0 unspecified atom stereocenters. The van der Waals surface area contributed by atoms with E-state index in [0.717, 1.165) is 19.3 Å². The minimum Gasteiger partial charge on any atom is -0.351 e. The molecule has 0 radical (unpaired) electrons. The van der Waals surface area contributed by atoms with Gasteiger partial charge in [-0.2, -0.15) is 0 Å². The van der Waals surface area contributed by atoms with Crippen molar-refractivity contribution in [3.63, 3.8) is 0 Å². The molecule has 7 heteroatoms. The standard InChI is InChI=1S/C18H39O4P.C3H4N2/c1-2-3-4-5-6-7-8-9-10-11-12-13-14-15-16-17-18-22-23(19,20)21;1-2-5-3-4-1/h2-18H2,1H3,(H2,19,20,21);1-3H,(H,4,5). The third-order valence-corrected chi connectivity index (χ3v) is 5.18. The number of aromatic amines is 1. The van der Waals surface area contributed by atoms with Crippen LogP contribution in [0.1, 0.15) is 110 Å². The maximum Gasteiger partial charge on any atom is 0.469 e. The Labute approximate surface area is 172 Å². The molecule has 0 saturated carbocycles. The Bertz CT molecular complexity index is 420. The Morgan fingerprint density at radius 1 is 0.786 bits per heavy atom. The third-order valence-electron chi connectivity index (χ3n) is 4.66. The average Bonchev–Trinajstić information content (AvgIpc) is 3.23. The molecule has 0 amide bonds. The number of phosphoric acid groups is 1. The van der Waals surface area contributed by atoms with E-state index < -0.39 is 7.82 Å². The first-order valence-electron chi connectivity index (χ1n) is 11.2. The summed E-state index contributed by atoms with van der Waals surface area (Å²) < 4.78 is 14.9. The Hall–Kier alpha value is -0.680. The van der Waals surface area contributed by atoms with Gasteiger partial charge in [0.1, 0.15) is 0 Å². The Morgan fingerprint density at radius 3 is 1.50 bits per heavy atom. The number of hydrogen-bond acceptors (Lipinski definition) is 3. The van der Waals surface area contributed by atoms with Gasteiger partial charge in [-0.3, -0.25) is 4.52 Å². The number of nitrogens with one attached hydrogen (secondary N) is 1. The fourth-order valence-corrected chi connectivity index (χ4v) is 3.42. The van der Waals surface area contributed by atoms with Crippen molar-refractivity contribution >= 4 is 7.82 Å². The molecule has 1 aromatic rings. The Morgan fingerprint density at radius 2 is 1.21 bits per heavy atom. The smallest absolute Gasteiger partial charge is 0.351 e. The van der Waals surface area contributed by atoms with Crippen LogP contribution < -0.4 is 0 Å². The fraction of sp³-hybridized carbons (Fsp3) is 0.857. The zero-order chi connectivity index (χ0) is 20.8. The largest absolute Gasteiger partial charge is 0.469 e. The number of unbranched alkanes of at least 4 members (excludes halogenated alkanes) is 15. The summed E-state index contributed by atoms with van der Waals surface area (Å²) in [6.45, 7) is 2.43. The molecule has 166 valence electrons. The lowest BCUT2D eigenvalue weighted by Gasteiger charge is -2.05. The van der Waals surface area contributed by atoms with Gasteiger partial charge in [0, 0.05) is 12.4 Å². The summed E-state index contributed by atoms with van der Waals surface area (Å²) in [5.74, 6) is 0. The molecule has 6 nitrogen and oxygen atoms in total. The highest BCUT2D eigenvalue weighted by atomic mass is 31.2. The lowest BCUT2D eigenvalue weighted by Crippen LogP contribution is -1.92. The van der Waals surface area contributed by atoms with Crippen LogP contribution in [0.15, 0.2) is 18.7 Å². The highest BCUT2D eigenvalue weighted by Crippen LogP contribution is 2.35. The van der Waals surface area contributed by atoms with Gasteiger partial charge in [0.25, 0.3) is 0 Å². The molecule has 0 atom stereocenters. The number of phosphoric ester groups is 1. The highest BCUT2D eigenvalue weighted by molar-refractivity contribution is 7.46. The van der Waals surface area contributed by atoms with Crippen LogP contribution in [0.2, 0.25) is 0 Å². The maximum absolute atomic E-state index is 10.5. The fourth-order valence-electron chi connectivity index (χ4n) is 3.05. The molecule has 0 aliphatic carbocycles. The van der Waals surface area contributed by atoms with E-state index in [0.29, 0.717) is 0 Å². The maximum atomic E-state index is 10.5. The molecule has 1 heterocycles. The van der Waals surface area contributed by atoms with Gasteiger partial charge in [-0.05, 0) is 6.42 Å². The summed E-state index contributed by atoms with van der Waals surface area (Å²) in [4.78, 5) is 23.5. The summed E-state index contributed by atoms with van der Waals surface area (Å²) in [5.41, 5.74) is 0. The molecule has 0 aliphatic rings. The van der Waals surface area contributed by atoms with Crippen LogP contribution in [0.3, 0.4) is 0 Å². The third kappa shape index (κ3) is 25.3. The molecule has 0 aliphatic heterocycles. The van der Waals surface area contributed by atoms with Crippen LogP contribution in [-0.2, 0) is 9.09 Å². The summed E-state index contributed by atoms with van der Waals surface area (Å²) in [7, 11) is -4.26. The van der Waals surface area contributed by atoms with Crippen LogP contribution in [-0.4, -0.2) is 26.4 Å². The van der Waals surface area contributed by atoms with Crippen molar-refractivity contribution in [1.82, 2.24) is 9.97 Å². The van der Waals surface area contributed by atoms with Crippen molar-refractivity contribution in [3.8, 4) is 0 Å². The van der Waals surface area contributed by atoms with Crippen LogP contribution >= 0.6 is 7.82 Å². The molecule has 1 rings (SSSR count). The van der Waals surface area contributed by atoms with E-state index in [1.54, 1.807) is 18.7 Å². The molecule has 1 aromatic heterocycles. The second-order valence-electron chi connectivity index (χ2n) is 7.39. The number of imidazole rings is 1. The van der Waals surface area contributed by atoms with Crippen LogP contribution in [0, 0.1) is 0 Å². The first-order valence-corrected chi connectivity index (χ1v) is 12.7. The minimum absolute atomic E-state index is 0.169. The topological polar surface area (TPSA) is 95.4 Å². The number of aromatic nitrogens is 2. The number of hydrogen-bond donors (Lipinski definition) is 3. The van der Waals surface area contributed by atoms with E-state index in [1.807, 2.05) is 0 Å². The van der Waals surface area contributed by atoms with Crippen LogP contribution in [0.25, 0.3) is 0 Å².